The summed E-state index contributed by atoms with van der Waals surface area (Å²) < 4.78 is 7.68. The van der Waals surface area contributed by atoms with Gasteiger partial charge in [0, 0.05) is 38.4 Å². The number of likely N-dealkylation sites (tertiary alicyclic amines) is 1. The highest BCUT2D eigenvalue weighted by molar-refractivity contribution is 5.79. The van der Waals surface area contributed by atoms with E-state index in [1.165, 1.54) is 5.56 Å². The predicted molar refractivity (Wildman–Crippen MR) is 95.1 cm³/mol. The first-order valence-corrected chi connectivity index (χ1v) is 9.18. The summed E-state index contributed by atoms with van der Waals surface area (Å²) in [6.45, 7) is 2.73. The minimum absolute atomic E-state index is 0.0123. The molecule has 1 saturated heterocycles. The van der Waals surface area contributed by atoms with Crippen molar-refractivity contribution in [1.29, 1.82) is 0 Å². The van der Waals surface area contributed by atoms with E-state index in [1.807, 2.05) is 24.0 Å². The minimum Gasteiger partial charge on any atom is -0.460 e. The van der Waals surface area contributed by atoms with Crippen molar-refractivity contribution in [3.63, 3.8) is 0 Å². The van der Waals surface area contributed by atoms with Crippen LogP contribution in [0, 0.1) is 0 Å². The van der Waals surface area contributed by atoms with Gasteiger partial charge in [0.25, 0.3) is 0 Å². The molecule has 2 aliphatic rings. The van der Waals surface area contributed by atoms with Gasteiger partial charge in [-0.1, -0.05) is 30.3 Å². The molecule has 0 amide bonds. The average Bonchev–Trinajstić information content (AvgIpc) is 3.20. The molecule has 5 heteroatoms. The Kier molecular flexibility index (Phi) is 4.57. The molecule has 0 bridgehead atoms. The fourth-order valence-corrected chi connectivity index (χ4v) is 4.04. The minimum atomic E-state index is -0.138. The zero-order valence-electron chi connectivity index (χ0n) is 14.7. The maximum absolute atomic E-state index is 12.7. The summed E-state index contributed by atoms with van der Waals surface area (Å²) in [6, 6.07) is 10.5. The molecule has 0 radical (unpaired) electrons. The van der Waals surface area contributed by atoms with Crippen LogP contribution in [0.3, 0.4) is 0 Å². The van der Waals surface area contributed by atoms with Gasteiger partial charge < -0.3 is 4.74 Å². The fraction of sp³-hybridized carbons (Fsp3) is 0.500. The number of nitrogens with zero attached hydrogens (tertiary/aromatic N) is 3. The average molecular weight is 339 g/mol. The Morgan fingerprint density at radius 1 is 1.28 bits per heavy atom. The van der Waals surface area contributed by atoms with E-state index in [4.69, 9.17) is 4.74 Å². The molecule has 0 N–H and O–H groups in total. The van der Waals surface area contributed by atoms with Gasteiger partial charge in [-0.15, -0.1) is 0 Å². The summed E-state index contributed by atoms with van der Waals surface area (Å²) in [5.74, 6) is -0.207. The second kappa shape index (κ2) is 7.00. The van der Waals surface area contributed by atoms with E-state index >= 15 is 0 Å². The number of rotatable bonds is 4. The van der Waals surface area contributed by atoms with Crippen LogP contribution in [0.1, 0.15) is 42.0 Å². The third-order valence-electron chi connectivity index (χ3n) is 5.26. The van der Waals surface area contributed by atoms with Crippen LogP contribution in [0.5, 0.6) is 0 Å². The highest BCUT2D eigenvalue weighted by Gasteiger charge is 2.33. The van der Waals surface area contributed by atoms with Gasteiger partial charge in [0.2, 0.25) is 0 Å². The van der Waals surface area contributed by atoms with E-state index in [9.17, 15) is 4.79 Å². The summed E-state index contributed by atoms with van der Waals surface area (Å²) in [6.07, 6.45) is 5.77. The first-order valence-electron chi connectivity index (χ1n) is 9.18. The van der Waals surface area contributed by atoms with Crippen LogP contribution >= 0.6 is 0 Å². The Hall–Kier alpha value is -2.14. The maximum atomic E-state index is 12.7. The number of fused-ring (bicyclic) bond motifs is 1. The predicted octanol–water partition coefficient (Wildman–Crippen LogP) is 2.66. The first-order chi connectivity index (χ1) is 12.2. The maximum Gasteiger partial charge on any atom is 0.313 e. The third-order valence-corrected chi connectivity index (χ3v) is 5.26. The van der Waals surface area contributed by atoms with Crippen molar-refractivity contribution >= 4 is 5.97 Å². The van der Waals surface area contributed by atoms with Gasteiger partial charge in [-0.05, 0) is 31.2 Å². The molecule has 4 rings (SSSR count). The molecule has 132 valence electrons. The van der Waals surface area contributed by atoms with Gasteiger partial charge in [0.05, 0.1) is 11.6 Å². The van der Waals surface area contributed by atoms with Crippen molar-refractivity contribution < 1.29 is 9.53 Å². The van der Waals surface area contributed by atoms with E-state index in [1.54, 1.807) is 0 Å². The Morgan fingerprint density at radius 2 is 2.12 bits per heavy atom. The monoisotopic (exact) mass is 339 g/mol. The van der Waals surface area contributed by atoms with Crippen molar-refractivity contribution in [2.24, 2.45) is 7.05 Å². The largest absolute Gasteiger partial charge is 0.460 e. The highest BCUT2D eigenvalue weighted by Crippen LogP contribution is 2.32. The van der Waals surface area contributed by atoms with E-state index in [-0.39, 0.29) is 18.0 Å². The van der Waals surface area contributed by atoms with Crippen LogP contribution in [0.15, 0.2) is 36.5 Å². The van der Waals surface area contributed by atoms with Gasteiger partial charge in [-0.3, -0.25) is 14.4 Å². The van der Waals surface area contributed by atoms with Crippen LogP contribution < -0.4 is 0 Å². The fourth-order valence-electron chi connectivity index (χ4n) is 4.04. The van der Waals surface area contributed by atoms with Gasteiger partial charge >= 0.3 is 5.97 Å². The van der Waals surface area contributed by atoms with Gasteiger partial charge in [-0.25, -0.2) is 0 Å². The number of carbonyl (C=O) groups excluding carboxylic acids is 1. The lowest BCUT2D eigenvalue weighted by atomic mass is 9.87. The van der Waals surface area contributed by atoms with Crippen LogP contribution in [-0.4, -0.2) is 39.8 Å². The lowest BCUT2D eigenvalue weighted by molar-refractivity contribution is -0.150. The Bertz CT molecular complexity index is 741. The highest BCUT2D eigenvalue weighted by atomic mass is 16.5. The van der Waals surface area contributed by atoms with E-state index in [0.29, 0.717) is 0 Å². The van der Waals surface area contributed by atoms with E-state index in [0.717, 1.165) is 56.6 Å². The lowest BCUT2D eigenvalue weighted by Crippen LogP contribution is -2.28. The SMILES string of the molecule is Cn1cc2c(n1)CCCC2C(=O)OC1CCN(Cc2ccccc2)C1. The lowest BCUT2D eigenvalue weighted by Gasteiger charge is -2.22. The summed E-state index contributed by atoms with van der Waals surface area (Å²) in [5, 5.41) is 4.48. The molecule has 1 fully saturated rings. The second-order valence-corrected chi connectivity index (χ2v) is 7.22. The first kappa shape index (κ1) is 16.3. The molecular weight excluding hydrogens is 314 g/mol. The van der Waals surface area contributed by atoms with Crippen molar-refractivity contribution in [3.8, 4) is 0 Å². The molecule has 1 aliphatic carbocycles. The number of esters is 1. The van der Waals surface area contributed by atoms with Crippen LogP contribution in [-0.2, 0) is 29.5 Å². The molecule has 2 unspecified atom stereocenters. The van der Waals surface area contributed by atoms with Gasteiger partial charge in [0.15, 0.2) is 0 Å². The molecule has 1 aromatic heterocycles. The molecule has 25 heavy (non-hydrogen) atoms. The molecule has 1 aromatic carbocycles. The summed E-state index contributed by atoms with van der Waals surface area (Å²) in [4.78, 5) is 15.1. The second-order valence-electron chi connectivity index (χ2n) is 7.22. The molecule has 2 aromatic rings. The van der Waals surface area contributed by atoms with Crippen molar-refractivity contribution in [2.75, 3.05) is 13.1 Å². The molecule has 2 heterocycles. The molecule has 5 nitrogen and oxygen atoms in total. The molecule has 1 aliphatic heterocycles. The zero-order chi connectivity index (χ0) is 17.2. The molecular formula is C20H25N3O2. The number of aryl methyl sites for hydroxylation is 2. The Morgan fingerprint density at radius 3 is 2.96 bits per heavy atom. The number of hydrogen-bond donors (Lipinski definition) is 0. The number of ether oxygens (including phenoxy) is 1. The molecule has 0 spiro atoms. The van der Waals surface area contributed by atoms with Crippen LogP contribution in [0.4, 0.5) is 0 Å². The van der Waals surface area contributed by atoms with Crippen LogP contribution in [0.25, 0.3) is 0 Å². The summed E-state index contributed by atoms with van der Waals surface area (Å²) in [5.41, 5.74) is 3.44. The van der Waals surface area contributed by atoms with E-state index in [2.05, 4.69) is 34.3 Å². The Labute approximate surface area is 148 Å². The quantitative estimate of drug-likeness (QED) is 0.804. The molecule has 0 saturated carbocycles. The number of benzene rings is 1. The van der Waals surface area contributed by atoms with Gasteiger partial charge in [0.1, 0.15) is 6.10 Å². The van der Waals surface area contributed by atoms with Crippen LogP contribution in [0.2, 0.25) is 0 Å². The van der Waals surface area contributed by atoms with Gasteiger partial charge in [-0.2, -0.15) is 5.10 Å². The number of hydrogen-bond acceptors (Lipinski definition) is 4. The Balaban J connectivity index is 1.35. The molecule has 2 atom stereocenters. The third kappa shape index (κ3) is 3.61. The number of aromatic nitrogens is 2. The standard InChI is InChI=1S/C20H25N3O2/c1-22-14-18-17(8-5-9-19(18)21-22)20(24)25-16-10-11-23(13-16)12-15-6-3-2-4-7-15/h2-4,6-7,14,16-17H,5,8-13H2,1H3. The normalized spacial score (nSPS) is 23.4. The van der Waals surface area contributed by atoms with E-state index < -0.39 is 0 Å². The number of carbonyl (C=O) groups is 1. The van der Waals surface area contributed by atoms with Crippen molar-refractivity contribution in [1.82, 2.24) is 14.7 Å². The van der Waals surface area contributed by atoms with Crippen molar-refractivity contribution in [2.45, 2.75) is 44.2 Å². The topological polar surface area (TPSA) is 47.4 Å². The zero-order valence-corrected chi connectivity index (χ0v) is 14.7. The van der Waals surface area contributed by atoms with Crippen molar-refractivity contribution in [3.05, 3.63) is 53.3 Å². The summed E-state index contributed by atoms with van der Waals surface area (Å²) in [7, 11) is 1.92. The summed E-state index contributed by atoms with van der Waals surface area (Å²) >= 11 is 0. The smallest absolute Gasteiger partial charge is 0.313 e.